The van der Waals surface area contributed by atoms with Crippen molar-refractivity contribution in [1.82, 2.24) is 10.3 Å². The summed E-state index contributed by atoms with van der Waals surface area (Å²) in [5.74, 6) is -1.22. The summed E-state index contributed by atoms with van der Waals surface area (Å²) in [4.78, 5) is 14.9. The number of aliphatic carboxylic acids is 1. The van der Waals surface area contributed by atoms with Crippen LogP contribution in [0.25, 0.3) is 0 Å². The van der Waals surface area contributed by atoms with Gasteiger partial charge in [-0.2, -0.15) is 0 Å². The summed E-state index contributed by atoms with van der Waals surface area (Å²) in [6, 6.07) is 2.80. The third kappa shape index (κ3) is 5.24. The van der Waals surface area contributed by atoms with Crippen LogP contribution in [0, 0.1) is 5.92 Å². The van der Waals surface area contributed by atoms with E-state index in [4.69, 9.17) is 9.84 Å². The number of hydrogen-bond acceptors (Lipinski definition) is 5. The predicted molar refractivity (Wildman–Crippen MR) is 74.2 cm³/mol. The van der Waals surface area contributed by atoms with Gasteiger partial charge in [-0.05, 0) is 37.1 Å². The summed E-state index contributed by atoms with van der Waals surface area (Å²) in [7, 11) is 1.52. The third-order valence-corrected chi connectivity index (χ3v) is 3.24. The average molecular weight is 282 g/mol. The molecule has 0 fully saturated rings. The van der Waals surface area contributed by atoms with Crippen LogP contribution in [0.15, 0.2) is 24.5 Å². The Bertz CT molecular complexity index is 399. The van der Waals surface area contributed by atoms with Crippen LogP contribution in [0.4, 0.5) is 0 Å². The van der Waals surface area contributed by atoms with Crippen LogP contribution in [0.1, 0.15) is 18.9 Å². The first kappa shape index (κ1) is 16.6. The van der Waals surface area contributed by atoms with Gasteiger partial charge in [0, 0.05) is 19.0 Å². The number of rotatable bonds is 9. The number of aliphatic hydroxyl groups is 1. The lowest BCUT2D eigenvalue weighted by molar-refractivity contribution is -0.143. The van der Waals surface area contributed by atoms with Gasteiger partial charge in [-0.25, -0.2) is 0 Å². The van der Waals surface area contributed by atoms with Crippen LogP contribution in [0.5, 0.6) is 0 Å². The number of carboxylic acid groups (broad SMARTS) is 1. The molecule has 20 heavy (non-hydrogen) atoms. The van der Waals surface area contributed by atoms with Crippen LogP contribution < -0.4 is 5.32 Å². The van der Waals surface area contributed by atoms with Crippen molar-refractivity contribution in [3.63, 3.8) is 0 Å². The molecule has 0 aliphatic heterocycles. The van der Waals surface area contributed by atoms with E-state index in [9.17, 15) is 9.90 Å². The number of carboxylic acids is 1. The molecule has 0 saturated carbocycles. The zero-order valence-electron chi connectivity index (χ0n) is 11.8. The molecule has 3 N–H and O–H groups in total. The molecular formula is C14H22N2O4. The van der Waals surface area contributed by atoms with E-state index in [1.165, 1.54) is 7.05 Å². The lowest BCUT2D eigenvalue weighted by atomic mass is 9.95. The van der Waals surface area contributed by atoms with Crippen molar-refractivity contribution in [2.75, 3.05) is 13.7 Å². The van der Waals surface area contributed by atoms with E-state index >= 15 is 0 Å². The molecule has 6 heteroatoms. The van der Waals surface area contributed by atoms with E-state index in [1.54, 1.807) is 12.4 Å². The lowest BCUT2D eigenvalue weighted by Gasteiger charge is -2.24. The van der Waals surface area contributed by atoms with E-state index < -0.39 is 18.1 Å². The number of aliphatic hydroxyl groups excluding tert-OH is 1. The summed E-state index contributed by atoms with van der Waals surface area (Å²) < 4.78 is 5.51. The fraction of sp³-hybridized carbons (Fsp3) is 0.571. The van der Waals surface area contributed by atoms with Gasteiger partial charge in [0.15, 0.2) is 0 Å². The zero-order chi connectivity index (χ0) is 15.0. The molecule has 0 amide bonds. The van der Waals surface area contributed by atoms with Gasteiger partial charge in [0.1, 0.15) is 6.04 Å². The summed E-state index contributed by atoms with van der Waals surface area (Å²) in [6.45, 7) is 2.77. The van der Waals surface area contributed by atoms with Gasteiger partial charge in [-0.3, -0.25) is 9.78 Å². The van der Waals surface area contributed by atoms with E-state index in [2.05, 4.69) is 10.3 Å². The van der Waals surface area contributed by atoms with Crippen molar-refractivity contribution in [1.29, 1.82) is 0 Å². The molecule has 0 bridgehead atoms. The minimum absolute atomic E-state index is 0.166. The first-order valence-electron chi connectivity index (χ1n) is 6.61. The lowest BCUT2D eigenvalue weighted by Crippen LogP contribution is -2.47. The quantitative estimate of drug-likeness (QED) is 0.576. The molecule has 3 atom stereocenters. The fourth-order valence-corrected chi connectivity index (χ4v) is 1.88. The highest BCUT2D eigenvalue weighted by atomic mass is 16.5. The highest BCUT2D eigenvalue weighted by Gasteiger charge is 2.28. The molecular weight excluding hydrogens is 260 g/mol. The molecule has 1 heterocycles. The molecule has 0 aliphatic rings. The monoisotopic (exact) mass is 282 g/mol. The summed E-state index contributed by atoms with van der Waals surface area (Å²) in [5.41, 5.74) is 1.03. The van der Waals surface area contributed by atoms with Gasteiger partial charge in [-0.1, -0.05) is 6.92 Å². The van der Waals surface area contributed by atoms with E-state index in [0.29, 0.717) is 19.6 Å². The second kappa shape index (κ2) is 8.63. The van der Waals surface area contributed by atoms with Gasteiger partial charge >= 0.3 is 5.97 Å². The fourth-order valence-electron chi connectivity index (χ4n) is 1.88. The number of hydrogen-bond donors (Lipinski definition) is 3. The van der Waals surface area contributed by atoms with Crippen molar-refractivity contribution in [2.24, 2.45) is 5.92 Å². The normalized spacial score (nSPS) is 15.6. The topological polar surface area (TPSA) is 91.7 Å². The van der Waals surface area contributed by atoms with Gasteiger partial charge in [0.2, 0.25) is 0 Å². The minimum atomic E-state index is -1.05. The highest BCUT2D eigenvalue weighted by Crippen LogP contribution is 2.13. The Morgan fingerprint density at radius 3 is 2.65 bits per heavy atom. The molecule has 0 aromatic carbocycles. The maximum atomic E-state index is 10.9. The van der Waals surface area contributed by atoms with Gasteiger partial charge in [-0.15, -0.1) is 0 Å². The summed E-state index contributed by atoms with van der Waals surface area (Å²) in [6.07, 6.45) is 3.06. The summed E-state index contributed by atoms with van der Waals surface area (Å²) in [5, 5.41) is 21.5. The number of nitrogens with zero attached hydrogens (tertiary/aromatic N) is 1. The van der Waals surface area contributed by atoms with Gasteiger partial charge in [0.25, 0.3) is 0 Å². The second-order valence-corrected chi connectivity index (χ2v) is 4.77. The molecule has 0 aliphatic carbocycles. The number of likely N-dealkylation sites (N-methyl/N-ethyl adjacent to an activating group) is 1. The van der Waals surface area contributed by atoms with Gasteiger partial charge in [0.05, 0.1) is 12.7 Å². The Hall–Kier alpha value is -1.50. The number of ether oxygens (including phenoxy) is 1. The number of pyridine rings is 1. The number of carbonyl (C=O) groups is 1. The van der Waals surface area contributed by atoms with Crippen molar-refractivity contribution >= 4 is 5.97 Å². The first-order valence-corrected chi connectivity index (χ1v) is 6.61. The maximum Gasteiger partial charge on any atom is 0.323 e. The Labute approximate surface area is 118 Å². The summed E-state index contributed by atoms with van der Waals surface area (Å²) >= 11 is 0. The molecule has 0 radical (unpaired) electrons. The standard InChI is InChI=1S/C14H22N2O4/c1-10(13(17)12(15-2)14(18)19)5-8-20-9-11-3-6-16-7-4-11/h3-4,6-7,10,12-13,15,17H,5,8-9H2,1-2H3,(H,18,19)/t10-,12+,13-/m1/s1. The number of nitrogens with one attached hydrogen (secondary N) is 1. The van der Waals surface area contributed by atoms with E-state index in [0.717, 1.165) is 5.56 Å². The van der Waals surface area contributed by atoms with Crippen molar-refractivity contribution in [3.8, 4) is 0 Å². The average Bonchev–Trinajstić information content (AvgIpc) is 2.44. The molecule has 1 aromatic heterocycles. The van der Waals surface area contributed by atoms with Crippen LogP contribution in [0.3, 0.4) is 0 Å². The molecule has 0 spiro atoms. The van der Waals surface area contributed by atoms with Crippen LogP contribution in [-0.4, -0.2) is 47.0 Å². The predicted octanol–water partition coefficient (Wildman–Crippen LogP) is 0.658. The molecule has 1 rings (SSSR count). The van der Waals surface area contributed by atoms with Crippen molar-refractivity contribution < 1.29 is 19.7 Å². The van der Waals surface area contributed by atoms with Crippen LogP contribution in [-0.2, 0) is 16.1 Å². The number of aromatic nitrogens is 1. The molecule has 1 aromatic rings. The largest absolute Gasteiger partial charge is 0.480 e. The maximum absolute atomic E-state index is 10.9. The Balaban J connectivity index is 2.29. The Morgan fingerprint density at radius 2 is 2.10 bits per heavy atom. The minimum Gasteiger partial charge on any atom is -0.480 e. The van der Waals surface area contributed by atoms with E-state index in [1.807, 2.05) is 19.1 Å². The Morgan fingerprint density at radius 1 is 1.45 bits per heavy atom. The second-order valence-electron chi connectivity index (χ2n) is 4.77. The molecule has 6 nitrogen and oxygen atoms in total. The van der Waals surface area contributed by atoms with Crippen LogP contribution in [0.2, 0.25) is 0 Å². The molecule has 0 saturated heterocycles. The third-order valence-electron chi connectivity index (χ3n) is 3.24. The zero-order valence-corrected chi connectivity index (χ0v) is 11.8. The van der Waals surface area contributed by atoms with Gasteiger partial charge < -0.3 is 20.3 Å². The van der Waals surface area contributed by atoms with Crippen molar-refractivity contribution in [3.05, 3.63) is 30.1 Å². The van der Waals surface area contributed by atoms with Crippen LogP contribution >= 0.6 is 0 Å². The Kier molecular flexibility index (Phi) is 7.14. The molecule has 0 unspecified atom stereocenters. The highest BCUT2D eigenvalue weighted by molar-refractivity contribution is 5.74. The van der Waals surface area contributed by atoms with Crippen molar-refractivity contribution in [2.45, 2.75) is 32.1 Å². The first-order chi connectivity index (χ1) is 9.56. The smallest absolute Gasteiger partial charge is 0.323 e. The SMILES string of the molecule is CN[C@H](C(=O)O)[C@H](O)[C@H](C)CCOCc1ccncc1. The van der Waals surface area contributed by atoms with E-state index in [-0.39, 0.29) is 5.92 Å². The molecule has 112 valence electrons.